The molecule has 1 aromatic heterocycles. The molecule has 4 rings (SSSR count). The van der Waals surface area contributed by atoms with Gasteiger partial charge in [0.15, 0.2) is 0 Å². The molecule has 0 aliphatic carbocycles. The number of nitrogens with one attached hydrogen (secondary N) is 2. The minimum absolute atomic E-state index is 0.156. The number of aryl methyl sites for hydroxylation is 1. The number of benzene rings is 3. The lowest BCUT2D eigenvalue weighted by Gasteiger charge is -2.12. The Morgan fingerprint density at radius 2 is 1.58 bits per heavy atom. The number of ether oxygens (including phenoxy) is 1. The maximum absolute atomic E-state index is 12.8. The maximum Gasteiger partial charge on any atom is 0.261 e. The summed E-state index contributed by atoms with van der Waals surface area (Å²) in [5.41, 5.74) is 2.92. The van der Waals surface area contributed by atoms with Crippen molar-refractivity contribution in [2.24, 2.45) is 0 Å². The molecule has 0 atom stereocenters. The molecule has 1 heterocycles. The fourth-order valence-corrected chi connectivity index (χ4v) is 4.34. The van der Waals surface area contributed by atoms with E-state index in [1.165, 1.54) is 12.1 Å². The van der Waals surface area contributed by atoms with Crippen molar-refractivity contribution in [3.8, 4) is 17.0 Å². The van der Waals surface area contributed by atoms with Crippen molar-refractivity contribution in [1.29, 1.82) is 0 Å². The van der Waals surface area contributed by atoms with E-state index in [9.17, 15) is 8.42 Å². The van der Waals surface area contributed by atoms with Crippen LogP contribution in [0.15, 0.2) is 89.8 Å². The predicted octanol–water partition coefficient (Wildman–Crippen LogP) is 5.40. The Labute approximate surface area is 193 Å². The predicted molar refractivity (Wildman–Crippen MR) is 130 cm³/mol. The average Bonchev–Trinajstić information content (AvgIpc) is 2.80. The van der Waals surface area contributed by atoms with Crippen LogP contribution in [0.4, 0.5) is 17.2 Å². The van der Waals surface area contributed by atoms with E-state index in [4.69, 9.17) is 4.74 Å². The van der Waals surface area contributed by atoms with E-state index in [0.717, 1.165) is 11.3 Å². The largest absolute Gasteiger partial charge is 0.494 e. The first-order chi connectivity index (χ1) is 15.9. The topological polar surface area (TPSA) is 93.2 Å². The second-order valence-electron chi connectivity index (χ2n) is 7.27. The molecule has 0 spiro atoms. The number of sulfonamides is 1. The maximum atomic E-state index is 12.8. The van der Waals surface area contributed by atoms with Crippen LogP contribution in [-0.2, 0) is 10.0 Å². The highest BCUT2D eigenvalue weighted by Crippen LogP contribution is 2.25. The zero-order valence-corrected chi connectivity index (χ0v) is 19.1. The molecule has 33 heavy (non-hydrogen) atoms. The van der Waals surface area contributed by atoms with Gasteiger partial charge in [-0.1, -0.05) is 36.4 Å². The number of hydrogen-bond acceptors (Lipinski definition) is 6. The van der Waals surface area contributed by atoms with Crippen molar-refractivity contribution in [3.63, 3.8) is 0 Å². The van der Waals surface area contributed by atoms with Crippen LogP contribution in [0.5, 0.6) is 5.75 Å². The third kappa shape index (κ3) is 5.67. The van der Waals surface area contributed by atoms with Gasteiger partial charge in [0.1, 0.15) is 17.4 Å². The molecule has 0 aliphatic heterocycles. The Morgan fingerprint density at radius 3 is 2.30 bits per heavy atom. The number of rotatable bonds is 8. The van der Waals surface area contributed by atoms with Crippen molar-refractivity contribution < 1.29 is 13.2 Å². The van der Waals surface area contributed by atoms with Gasteiger partial charge in [-0.2, -0.15) is 0 Å². The van der Waals surface area contributed by atoms with E-state index in [1.807, 2.05) is 56.3 Å². The first-order valence-electron chi connectivity index (χ1n) is 10.5. The molecular formula is C25H24N4O3S. The Kier molecular flexibility index (Phi) is 6.55. The number of anilines is 3. The Hall–Kier alpha value is -3.91. The van der Waals surface area contributed by atoms with Gasteiger partial charge in [-0.25, -0.2) is 18.4 Å². The van der Waals surface area contributed by atoms with E-state index in [0.29, 0.717) is 35.4 Å². The molecule has 8 heteroatoms. The van der Waals surface area contributed by atoms with E-state index < -0.39 is 10.0 Å². The molecule has 168 valence electrons. The van der Waals surface area contributed by atoms with Gasteiger partial charge in [0.2, 0.25) is 0 Å². The smallest absolute Gasteiger partial charge is 0.261 e. The zero-order valence-electron chi connectivity index (χ0n) is 18.3. The van der Waals surface area contributed by atoms with Gasteiger partial charge in [0.05, 0.1) is 22.9 Å². The van der Waals surface area contributed by atoms with E-state index in [2.05, 4.69) is 20.0 Å². The summed E-state index contributed by atoms with van der Waals surface area (Å²) in [7, 11) is -3.74. The second kappa shape index (κ2) is 9.70. The van der Waals surface area contributed by atoms with Gasteiger partial charge >= 0.3 is 0 Å². The molecule has 0 fully saturated rings. The normalized spacial score (nSPS) is 11.1. The van der Waals surface area contributed by atoms with E-state index >= 15 is 0 Å². The number of aromatic nitrogens is 2. The summed E-state index contributed by atoms with van der Waals surface area (Å²) in [6, 6.07) is 25.0. The quantitative estimate of drug-likeness (QED) is 0.366. The molecule has 7 nitrogen and oxygen atoms in total. The fourth-order valence-electron chi connectivity index (χ4n) is 3.29. The molecule has 4 aromatic rings. The minimum Gasteiger partial charge on any atom is -0.494 e. The third-order valence-corrected chi connectivity index (χ3v) is 6.14. The van der Waals surface area contributed by atoms with Gasteiger partial charge in [0, 0.05) is 17.3 Å². The summed E-state index contributed by atoms with van der Waals surface area (Å²) in [5.74, 6) is 1.87. The van der Waals surface area contributed by atoms with Crippen LogP contribution in [0.25, 0.3) is 11.3 Å². The highest BCUT2D eigenvalue weighted by molar-refractivity contribution is 7.92. The standard InChI is InChI=1S/C25H24N4O3S/c1-3-32-22-12-14-23(15-13-22)33(30,31)29-21-11-7-10-20(16-21)28-25-17-24(26-18(2)27-25)19-8-5-4-6-9-19/h4-17,29H,3H2,1-2H3,(H,26,27,28). The summed E-state index contributed by atoms with van der Waals surface area (Å²) in [5, 5.41) is 3.24. The summed E-state index contributed by atoms with van der Waals surface area (Å²) >= 11 is 0. The Morgan fingerprint density at radius 1 is 0.848 bits per heavy atom. The molecule has 0 amide bonds. The lowest BCUT2D eigenvalue weighted by molar-refractivity contribution is 0.340. The van der Waals surface area contributed by atoms with Gasteiger partial charge in [-0.15, -0.1) is 0 Å². The van der Waals surface area contributed by atoms with E-state index in [1.54, 1.807) is 30.3 Å². The van der Waals surface area contributed by atoms with Crippen LogP contribution in [0.3, 0.4) is 0 Å². The summed E-state index contributed by atoms with van der Waals surface area (Å²) in [4.78, 5) is 9.12. The number of hydrogen-bond donors (Lipinski definition) is 2. The molecule has 0 saturated heterocycles. The Bertz CT molecular complexity index is 1340. The molecule has 2 N–H and O–H groups in total. The van der Waals surface area contributed by atoms with Crippen molar-refractivity contribution in [2.45, 2.75) is 18.7 Å². The molecule has 0 radical (unpaired) electrons. The lowest BCUT2D eigenvalue weighted by Crippen LogP contribution is -2.13. The van der Waals surface area contributed by atoms with Crippen LogP contribution in [0, 0.1) is 6.92 Å². The van der Waals surface area contributed by atoms with Crippen LogP contribution < -0.4 is 14.8 Å². The summed E-state index contributed by atoms with van der Waals surface area (Å²) < 4.78 is 33.6. The van der Waals surface area contributed by atoms with Gasteiger partial charge in [-0.05, 0) is 56.3 Å². The van der Waals surface area contributed by atoms with Crippen molar-refractivity contribution in [2.75, 3.05) is 16.6 Å². The summed E-state index contributed by atoms with van der Waals surface area (Å²) in [6.07, 6.45) is 0. The van der Waals surface area contributed by atoms with Gasteiger partial charge < -0.3 is 10.1 Å². The highest BCUT2D eigenvalue weighted by Gasteiger charge is 2.15. The SMILES string of the molecule is CCOc1ccc(S(=O)(=O)Nc2cccc(Nc3cc(-c4ccccc4)nc(C)n3)c2)cc1. The monoisotopic (exact) mass is 460 g/mol. The van der Waals surface area contributed by atoms with Crippen molar-refractivity contribution in [3.05, 3.63) is 90.8 Å². The van der Waals surface area contributed by atoms with Crippen molar-refractivity contribution >= 4 is 27.2 Å². The lowest BCUT2D eigenvalue weighted by atomic mass is 10.1. The Balaban J connectivity index is 1.53. The van der Waals surface area contributed by atoms with Crippen LogP contribution in [0.2, 0.25) is 0 Å². The molecule has 0 bridgehead atoms. The summed E-state index contributed by atoms with van der Waals surface area (Å²) in [6.45, 7) is 4.22. The second-order valence-corrected chi connectivity index (χ2v) is 8.95. The first kappa shape index (κ1) is 22.3. The first-order valence-corrected chi connectivity index (χ1v) is 11.9. The fraction of sp³-hybridized carbons (Fsp3) is 0.120. The highest BCUT2D eigenvalue weighted by atomic mass is 32.2. The zero-order chi connectivity index (χ0) is 23.3. The van der Waals surface area contributed by atoms with Crippen LogP contribution >= 0.6 is 0 Å². The average molecular weight is 461 g/mol. The third-order valence-electron chi connectivity index (χ3n) is 4.74. The van der Waals surface area contributed by atoms with E-state index in [-0.39, 0.29) is 4.90 Å². The van der Waals surface area contributed by atoms with Crippen LogP contribution in [0.1, 0.15) is 12.7 Å². The number of nitrogens with zero attached hydrogens (tertiary/aromatic N) is 2. The van der Waals surface area contributed by atoms with Gasteiger partial charge in [-0.3, -0.25) is 4.72 Å². The van der Waals surface area contributed by atoms with Gasteiger partial charge in [0.25, 0.3) is 10.0 Å². The molecule has 0 saturated carbocycles. The molecule has 3 aromatic carbocycles. The molecular weight excluding hydrogens is 436 g/mol. The minimum atomic E-state index is -3.74. The van der Waals surface area contributed by atoms with Crippen LogP contribution in [-0.4, -0.2) is 25.0 Å². The van der Waals surface area contributed by atoms with Crippen molar-refractivity contribution in [1.82, 2.24) is 9.97 Å². The molecule has 0 unspecified atom stereocenters. The molecule has 0 aliphatic rings.